The minimum atomic E-state index is -3.50. The van der Waals surface area contributed by atoms with Crippen LogP contribution in [0.25, 0.3) is 0 Å². The minimum Gasteiger partial charge on any atom is -0.326 e. The summed E-state index contributed by atoms with van der Waals surface area (Å²) in [7, 11) is 0. The van der Waals surface area contributed by atoms with Gasteiger partial charge < -0.3 is 9.05 Å². The fourth-order valence-corrected chi connectivity index (χ4v) is 5.00. The molecule has 0 rings (SSSR count). The molecule has 0 fully saturated rings. The molecule has 23 heavy (non-hydrogen) atoms. The van der Waals surface area contributed by atoms with Gasteiger partial charge in [-0.05, 0) is 32.1 Å². The molecule has 0 aromatic rings. The van der Waals surface area contributed by atoms with Gasteiger partial charge in [0.15, 0.2) is 0 Å². The van der Waals surface area contributed by atoms with Crippen molar-refractivity contribution in [1.29, 1.82) is 0 Å². The predicted octanol–water partition coefficient (Wildman–Crippen LogP) is 7.27. The Morgan fingerprint density at radius 1 is 0.739 bits per heavy atom. The largest absolute Gasteiger partial charge is 0.326 e. The van der Waals surface area contributed by atoms with E-state index in [0.717, 1.165) is 19.3 Å². The molecule has 0 heterocycles. The molecule has 0 aliphatic rings. The number of alkyl halides is 2. The maximum atomic E-state index is 14.3. The summed E-state index contributed by atoms with van der Waals surface area (Å²) in [6, 6.07) is 0. The summed E-state index contributed by atoms with van der Waals surface area (Å²) in [5, 5.41) is 0. The first-order valence-corrected chi connectivity index (χ1v) is 11.8. The standard InChI is InChI=1S/C17H35F2O2PS/c1-4-7-8-9-10-11-12-13-14-15-16-17(18,19)22(23,20-5-2)21-6-3/h4-16H2,1-3H3. The molecule has 0 radical (unpaired) electrons. The zero-order valence-corrected chi connectivity index (χ0v) is 16.8. The summed E-state index contributed by atoms with van der Waals surface area (Å²) in [5.74, 6) is 0. The highest BCUT2D eigenvalue weighted by molar-refractivity contribution is 8.10. The van der Waals surface area contributed by atoms with E-state index in [0.29, 0.717) is 6.42 Å². The molecule has 0 amide bonds. The number of rotatable bonds is 16. The molecule has 0 atom stereocenters. The Hall–Kier alpha value is 0.430. The van der Waals surface area contributed by atoms with E-state index < -0.39 is 12.2 Å². The second-order valence-electron chi connectivity index (χ2n) is 5.93. The Morgan fingerprint density at radius 2 is 1.13 bits per heavy atom. The highest BCUT2D eigenvalue weighted by Crippen LogP contribution is 2.63. The van der Waals surface area contributed by atoms with Crippen LogP contribution in [0.15, 0.2) is 0 Å². The summed E-state index contributed by atoms with van der Waals surface area (Å²) < 4.78 is 38.8. The zero-order valence-electron chi connectivity index (χ0n) is 15.1. The van der Waals surface area contributed by atoms with Crippen molar-refractivity contribution in [3.63, 3.8) is 0 Å². The number of halogens is 2. The number of hydrogen-bond donors (Lipinski definition) is 0. The Kier molecular flexibility index (Phi) is 13.9. The van der Waals surface area contributed by atoms with E-state index in [9.17, 15) is 8.78 Å². The van der Waals surface area contributed by atoms with Crippen LogP contribution in [0.3, 0.4) is 0 Å². The smallest absolute Gasteiger partial charge is 0.320 e. The second-order valence-corrected chi connectivity index (χ2v) is 9.54. The molecule has 0 aliphatic heterocycles. The summed E-state index contributed by atoms with van der Waals surface area (Å²) in [6.07, 6.45) is 11.0. The molecule has 0 aromatic carbocycles. The molecule has 0 aliphatic carbocycles. The van der Waals surface area contributed by atoms with E-state index in [4.69, 9.17) is 20.9 Å². The van der Waals surface area contributed by atoms with Crippen molar-refractivity contribution in [2.75, 3.05) is 13.2 Å². The molecule has 0 N–H and O–H groups in total. The van der Waals surface area contributed by atoms with Crippen molar-refractivity contribution < 1.29 is 17.8 Å². The number of unbranched alkanes of at least 4 members (excludes halogenated alkanes) is 9. The van der Waals surface area contributed by atoms with Crippen molar-refractivity contribution >= 4 is 18.3 Å². The highest BCUT2D eigenvalue weighted by Gasteiger charge is 2.47. The first-order valence-electron chi connectivity index (χ1n) is 9.20. The van der Waals surface area contributed by atoms with Gasteiger partial charge >= 0.3 is 5.66 Å². The molecule has 6 heteroatoms. The topological polar surface area (TPSA) is 18.5 Å². The van der Waals surface area contributed by atoms with Crippen LogP contribution in [0, 0.1) is 0 Å². The average Bonchev–Trinajstić information content (AvgIpc) is 2.49. The summed E-state index contributed by atoms with van der Waals surface area (Å²) >= 11 is 5.02. The fraction of sp³-hybridized carbons (Fsp3) is 1.00. The predicted molar refractivity (Wildman–Crippen MR) is 98.9 cm³/mol. The third kappa shape index (κ3) is 10.1. The van der Waals surface area contributed by atoms with Crippen LogP contribution in [-0.4, -0.2) is 18.9 Å². The van der Waals surface area contributed by atoms with Gasteiger partial charge in [0.05, 0.1) is 13.2 Å². The first kappa shape index (κ1) is 23.4. The molecule has 0 saturated carbocycles. The molecule has 0 aromatic heterocycles. The van der Waals surface area contributed by atoms with E-state index in [1.807, 2.05) is 0 Å². The highest BCUT2D eigenvalue weighted by atomic mass is 32.5. The molecular formula is C17H35F2O2PS. The van der Waals surface area contributed by atoms with E-state index in [2.05, 4.69) is 6.92 Å². The lowest BCUT2D eigenvalue weighted by Crippen LogP contribution is -2.20. The van der Waals surface area contributed by atoms with Gasteiger partial charge in [0, 0.05) is 6.42 Å². The Balaban J connectivity index is 3.86. The van der Waals surface area contributed by atoms with Gasteiger partial charge in [0.2, 0.25) is 0 Å². The van der Waals surface area contributed by atoms with Gasteiger partial charge in [-0.1, -0.05) is 64.7 Å². The van der Waals surface area contributed by atoms with Gasteiger partial charge in [0.25, 0.3) is 6.49 Å². The van der Waals surface area contributed by atoms with Crippen LogP contribution in [0.1, 0.15) is 91.4 Å². The van der Waals surface area contributed by atoms with Crippen LogP contribution in [0.4, 0.5) is 8.78 Å². The van der Waals surface area contributed by atoms with Crippen LogP contribution < -0.4 is 0 Å². The van der Waals surface area contributed by atoms with Crippen LogP contribution in [0.5, 0.6) is 0 Å². The van der Waals surface area contributed by atoms with Gasteiger partial charge in [-0.3, -0.25) is 0 Å². The first-order chi connectivity index (χ1) is 10.9. The molecule has 0 spiro atoms. The van der Waals surface area contributed by atoms with Crippen molar-refractivity contribution in [2.45, 2.75) is 97.1 Å². The molecule has 140 valence electrons. The minimum absolute atomic E-state index is 0.172. The summed E-state index contributed by atoms with van der Waals surface area (Å²) in [5.41, 5.74) is -3.02. The maximum Gasteiger partial charge on any atom is 0.320 e. The van der Waals surface area contributed by atoms with Crippen molar-refractivity contribution in [3.05, 3.63) is 0 Å². The van der Waals surface area contributed by atoms with Gasteiger partial charge in [-0.25, -0.2) is 0 Å². The summed E-state index contributed by atoms with van der Waals surface area (Å²) in [4.78, 5) is 0. The molecular weight excluding hydrogens is 337 g/mol. The Bertz CT molecular complexity index is 318. The molecule has 0 saturated heterocycles. The van der Waals surface area contributed by atoms with Crippen molar-refractivity contribution in [2.24, 2.45) is 0 Å². The number of hydrogen-bond acceptors (Lipinski definition) is 3. The van der Waals surface area contributed by atoms with Crippen molar-refractivity contribution in [1.82, 2.24) is 0 Å². The van der Waals surface area contributed by atoms with Crippen LogP contribution in [0.2, 0.25) is 0 Å². The second kappa shape index (κ2) is 13.7. The van der Waals surface area contributed by atoms with Crippen molar-refractivity contribution in [3.8, 4) is 0 Å². The SMILES string of the molecule is CCCCCCCCCCCCC(F)(F)P(=S)(OCC)OCC. The Morgan fingerprint density at radius 3 is 1.52 bits per heavy atom. The zero-order chi connectivity index (χ0) is 17.6. The lowest BCUT2D eigenvalue weighted by atomic mass is 10.1. The van der Waals surface area contributed by atoms with Gasteiger partial charge in [0.1, 0.15) is 0 Å². The van der Waals surface area contributed by atoms with E-state index in [-0.39, 0.29) is 19.6 Å². The van der Waals surface area contributed by atoms with Crippen LogP contribution in [-0.2, 0) is 20.9 Å². The summed E-state index contributed by atoms with van der Waals surface area (Å²) in [6.45, 7) is 2.41. The van der Waals surface area contributed by atoms with Gasteiger partial charge in [-0.2, -0.15) is 8.78 Å². The average molecular weight is 373 g/mol. The molecule has 2 nitrogen and oxygen atoms in total. The third-order valence-corrected chi connectivity index (χ3v) is 7.48. The molecule has 0 unspecified atom stereocenters. The lowest BCUT2D eigenvalue weighted by molar-refractivity contribution is 0.0472. The van der Waals surface area contributed by atoms with Crippen LogP contribution >= 0.6 is 6.49 Å². The van der Waals surface area contributed by atoms with E-state index in [1.54, 1.807) is 13.8 Å². The van der Waals surface area contributed by atoms with E-state index in [1.165, 1.54) is 38.5 Å². The van der Waals surface area contributed by atoms with E-state index >= 15 is 0 Å². The van der Waals surface area contributed by atoms with Gasteiger partial charge in [-0.15, -0.1) is 0 Å². The third-order valence-electron chi connectivity index (χ3n) is 3.83. The monoisotopic (exact) mass is 372 g/mol. The quantitative estimate of drug-likeness (QED) is 0.210. The fourth-order valence-electron chi connectivity index (χ4n) is 2.53. The maximum absolute atomic E-state index is 14.3. The molecule has 0 bridgehead atoms. The lowest BCUT2D eigenvalue weighted by Gasteiger charge is -2.29. The Labute approximate surface area is 146 Å². The normalized spacial score (nSPS) is 12.7.